The second-order valence-electron chi connectivity index (χ2n) is 5.78. The Bertz CT molecular complexity index is 512. The molecular weight excluding hydrogens is 306 g/mol. The number of hydrogen-bond donors (Lipinski definition) is 3. The number of anilines is 1. The number of pyridine rings is 1. The second-order valence-corrected chi connectivity index (χ2v) is 5.78. The molecule has 0 saturated carbocycles. The standard InChI is InChI=1S/C17H29N5O2/c1-5-22(6-2)15-8-7-14(11-19-15)12-20-17(24)18-10-9-16(23)21-13(3)4/h7-8,11,13H,5-6,9-10,12H2,1-4H3,(H,21,23)(H2,18,20,24). The summed E-state index contributed by atoms with van der Waals surface area (Å²) in [5.74, 6) is 0.867. The lowest BCUT2D eigenvalue weighted by molar-refractivity contribution is -0.121. The van der Waals surface area contributed by atoms with Crippen molar-refractivity contribution in [3.05, 3.63) is 23.9 Å². The van der Waals surface area contributed by atoms with Gasteiger partial charge in [-0.25, -0.2) is 9.78 Å². The van der Waals surface area contributed by atoms with E-state index in [1.807, 2.05) is 26.0 Å². The Morgan fingerprint density at radius 1 is 1.17 bits per heavy atom. The first kappa shape index (κ1) is 19.7. The maximum Gasteiger partial charge on any atom is 0.315 e. The number of carbonyl (C=O) groups is 2. The first-order chi connectivity index (χ1) is 11.5. The molecule has 0 aliphatic rings. The zero-order valence-corrected chi connectivity index (χ0v) is 15.1. The van der Waals surface area contributed by atoms with Crippen LogP contribution in [-0.4, -0.2) is 42.6 Å². The normalized spacial score (nSPS) is 10.4. The van der Waals surface area contributed by atoms with Gasteiger partial charge in [-0.1, -0.05) is 6.07 Å². The Morgan fingerprint density at radius 2 is 1.88 bits per heavy atom. The lowest BCUT2D eigenvalue weighted by Crippen LogP contribution is -2.38. The molecule has 7 heteroatoms. The fourth-order valence-electron chi connectivity index (χ4n) is 2.18. The van der Waals surface area contributed by atoms with Crippen LogP contribution >= 0.6 is 0 Å². The zero-order valence-electron chi connectivity index (χ0n) is 15.1. The lowest BCUT2D eigenvalue weighted by Gasteiger charge is -2.19. The van der Waals surface area contributed by atoms with Crippen LogP contribution in [0.1, 0.15) is 39.7 Å². The molecule has 0 spiro atoms. The smallest absolute Gasteiger partial charge is 0.315 e. The van der Waals surface area contributed by atoms with Crippen LogP contribution in [0.5, 0.6) is 0 Å². The topological polar surface area (TPSA) is 86.4 Å². The first-order valence-electron chi connectivity index (χ1n) is 8.47. The van der Waals surface area contributed by atoms with E-state index in [4.69, 9.17) is 0 Å². The number of nitrogens with one attached hydrogen (secondary N) is 3. The molecule has 1 aromatic heterocycles. The predicted octanol–water partition coefficient (Wildman–Crippen LogP) is 1.64. The summed E-state index contributed by atoms with van der Waals surface area (Å²) in [5.41, 5.74) is 0.929. The van der Waals surface area contributed by atoms with Gasteiger partial charge < -0.3 is 20.9 Å². The number of urea groups is 1. The van der Waals surface area contributed by atoms with Crippen molar-refractivity contribution in [2.75, 3.05) is 24.5 Å². The monoisotopic (exact) mass is 335 g/mol. The third-order valence-electron chi connectivity index (χ3n) is 3.44. The molecule has 0 fully saturated rings. The number of nitrogens with zero attached hydrogens (tertiary/aromatic N) is 2. The van der Waals surface area contributed by atoms with E-state index < -0.39 is 0 Å². The molecule has 0 saturated heterocycles. The number of aromatic nitrogens is 1. The van der Waals surface area contributed by atoms with Crippen molar-refractivity contribution in [1.82, 2.24) is 20.9 Å². The van der Waals surface area contributed by atoms with Crippen molar-refractivity contribution >= 4 is 17.8 Å². The van der Waals surface area contributed by atoms with Gasteiger partial charge in [-0.2, -0.15) is 0 Å². The molecule has 3 amide bonds. The van der Waals surface area contributed by atoms with Gasteiger partial charge in [-0.05, 0) is 39.3 Å². The third-order valence-corrected chi connectivity index (χ3v) is 3.44. The van der Waals surface area contributed by atoms with Gasteiger partial charge in [0.05, 0.1) is 0 Å². The molecule has 3 N–H and O–H groups in total. The van der Waals surface area contributed by atoms with E-state index >= 15 is 0 Å². The Hall–Kier alpha value is -2.31. The largest absolute Gasteiger partial charge is 0.357 e. The molecule has 1 rings (SSSR count). The second kappa shape index (κ2) is 10.5. The van der Waals surface area contributed by atoms with Crippen molar-refractivity contribution < 1.29 is 9.59 Å². The molecule has 0 atom stereocenters. The summed E-state index contributed by atoms with van der Waals surface area (Å²) >= 11 is 0. The van der Waals surface area contributed by atoms with E-state index in [2.05, 4.69) is 39.7 Å². The summed E-state index contributed by atoms with van der Waals surface area (Å²) < 4.78 is 0. The van der Waals surface area contributed by atoms with E-state index in [0.29, 0.717) is 13.1 Å². The molecular formula is C17H29N5O2. The van der Waals surface area contributed by atoms with Crippen LogP contribution < -0.4 is 20.9 Å². The van der Waals surface area contributed by atoms with Crippen molar-refractivity contribution in [3.8, 4) is 0 Å². The van der Waals surface area contributed by atoms with Crippen molar-refractivity contribution in [3.63, 3.8) is 0 Å². The molecule has 0 radical (unpaired) electrons. The number of hydrogen-bond acceptors (Lipinski definition) is 4. The summed E-state index contributed by atoms with van der Waals surface area (Å²) in [6, 6.07) is 3.73. The third kappa shape index (κ3) is 7.30. The highest BCUT2D eigenvalue weighted by atomic mass is 16.2. The molecule has 7 nitrogen and oxygen atoms in total. The molecule has 0 aromatic carbocycles. The maximum atomic E-state index is 11.7. The van der Waals surface area contributed by atoms with Gasteiger partial charge in [-0.15, -0.1) is 0 Å². The van der Waals surface area contributed by atoms with Crippen LogP contribution in [0.3, 0.4) is 0 Å². The number of rotatable bonds is 9. The Morgan fingerprint density at radius 3 is 2.42 bits per heavy atom. The minimum atomic E-state index is -0.292. The maximum absolute atomic E-state index is 11.7. The van der Waals surface area contributed by atoms with Crippen molar-refractivity contribution in [2.45, 2.75) is 46.7 Å². The van der Waals surface area contributed by atoms with Crippen LogP contribution in [0, 0.1) is 0 Å². The minimum Gasteiger partial charge on any atom is -0.357 e. The average molecular weight is 335 g/mol. The Kier molecular flexibility index (Phi) is 8.60. The van der Waals surface area contributed by atoms with Crippen LogP contribution in [0.25, 0.3) is 0 Å². The van der Waals surface area contributed by atoms with Crippen LogP contribution in [0.15, 0.2) is 18.3 Å². The van der Waals surface area contributed by atoms with Gasteiger partial charge >= 0.3 is 6.03 Å². The number of amides is 3. The van der Waals surface area contributed by atoms with E-state index in [-0.39, 0.29) is 24.4 Å². The van der Waals surface area contributed by atoms with Gasteiger partial charge in [0, 0.05) is 44.8 Å². The van der Waals surface area contributed by atoms with E-state index in [1.165, 1.54) is 0 Å². The Balaban J connectivity index is 2.30. The van der Waals surface area contributed by atoms with Crippen LogP contribution in [0.2, 0.25) is 0 Å². The SMILES string of the molecule is CCN(CC)c1ccc(CNC(=O)NCCC(=O)NC(C)C)cn1. The summed E-state index contributed by atoms with van der Waals surface area (Å²) in [4.78, 5) is 29.7. The molecule has 24 heavy (non-hydrogen) atoms. The fourth-order valence-corrected chi connectivity index (χ4v) is 2.18. The first-order valence-corrected chi connectivity index (χ1v) is 8.47. The molecule has 1 aromatic rings. The fraction of sp³-hybridized carbons (Fsp3) is 0.588. The zero-order chi connectivity index (χ0) is 17.9. The van der Waals surface area contributed by atoms with E-state index in [0.717, 1.165) is 24.5 Å². The highest BCUT2D eigenvalue weighted by Gasteiger charge is 2.06. The van der Waals surface area contributed by atoms with Gasteiger partial charge in [0.25, 0.3) is 0 Å². The average Bonchev–Trinajstić information content (AvgIpc) is 2.54. The quantitative estimate of drug-likeness (QED) is 0.640. The summed E-state index contributed by atoms with van der Waals surface area (Å²) in [6.45, 7) is 10.5. The van der Waals surface area contributed by atoms with Crippen molar-refractivity contribution in [1.29, 1.82) is 0 Å². The van der Waals surface area contributed by atoms with Gasteiger partial charge in [0.2, 0.25) is 5.91 Å². The van der Waals surface area contributed by atoms with Crippen LogP contribution in [-0.2, 0) is 11.3 Å². The Labute approximate surface area is 144 Å². The summed E-state index contributed by atoms with van der Waals surface area (Å²) in [7, 11) is 0. The predicted molar refractivity (Wildman–Crippen MR) is 95.9 cm³/mol. The van der Waals surface area contributed by atoms with Gasteiger partial charge in [0.15, 0.2) is 0 Å². The summed E-state index contributed by atoms with van der Waals surface area (Å²) in [5, 5.41) is 8.20. The highest BCUT2D eigenvalue weighted by Crippen LogP contribution is 2.10. The van der Waals surface area contributed by atoms with E-state index in [9.17, 15) is 9.59 Å². The highest BCUT2D eigenvalue weighted by molar-refractivity contribution is 5.78. The molecule has 0 aliphatic carbocycles. The van der Waals surface area contributed by atoms with Crippen LogP contribution in [0.4, 0.5) is 10.6 Å². The number of carbonyl (C=O) groups excluding carboxylic acids is 2. The summed E-state index contributed by atoms with van der Waals surface area (Å²) in [6.07, 6.45) is 2.04. The molecule has 0 aliphatic heterocycles. The van der Waals surface area contributed by atoms with Crippen molar-refractivity contribution in [2.24, 2.45) is 0 Å². The molecule has 134 valence electrons. The van der Waals surface area contributed by atoms with E-state index in [1.54, 1.807) is 6.20 Å². The lowest BCUT2D eigenvalue weighted by atomic mass is 10.2. The minimum absolute atomic E-state index is 0.0681. The van der Waals surface area contributed by atoms with Gasteiger partial charge in [-0.3, -0.25) is 4.79 Å². The molecule has 0 bridgehead atoms. The molecule has 1 heterocycles. The van der Waals surface area contributed by atoms with Gasteiger partial charge in [0.1, 0.15) is 5.82 Å². The molecule has 0 unspecified atom stereocenters.